The van der Waals surface area contributed by atoms with Gasteiger partial charge in [0.25, 0.3) is 0 Å². The van der Waals surface area contributed by atoms with Gasteiger partial charge >= 0.3 is 0 Å². The van der Waals surface area contributed by atoms with E-state index in [9.17, 15) is 0 Å². The van der Waals surface area contributed by atoms with E-state index in [0.717, 1.165) is 6.42 Å². The highest BCUT2D eigenvalue weighted by Gasteiger charge is 1.97. The third-order valence-corrected chi connectivity index (χ3v) is 2.12. The normalized spacial score (nSPS) is 14.6. The predicted molar refractivity (Wildman–Crippen MR) is 56.3 cm³/mol. The Morgan fingerprint density at radius 1 is 1.64 bits per heavy atom. The molecule has 0 aromatic carbocycles. The molecule has 0 aromatic rings. The van der Waals surface area contributed by atoms with Gasteiger partial charge in [0, 0.05) is 5.25 Å². The summed E-state index contributed by atoms with van der Waals surface area (Å²) in [5, 5.41) is 0.523. The first-order valence-corrected chi connectivity index (χ1v) is 4.69. The summed E-state index contributed by atoms with van der Waals surface area (Å²) in [5.74, 6) is 0. The van der Waals surface area contributed by atoms with Gasteiger partial charge in [-0.2, -0.15) is 12.6 Å². The van der Waals surface area contributed by atoms with E-state index in [2.05, 4.69) is 39.1 Å². The Kier molecular flexibility index (Phi) is 6.43. The van der Waals surface area contributed by atoms with Crippen LogP contribution in [0.4, 0.5) is 0 Å². The van der Waals surface area contributed by atoms with E-state index < -0.39 is 0 Å². The molecule has 0 heterocycles. The maximum Gasteiger partial charge on any atom is 0.00514 e. The van der Waals surface area contributed by atoms with Crippen molar-refractivity contribution in [2.75, 3.05) is 0 Å². The first-order valence-electron chi connectivity index (χ1n) is 4.18. The van der Waals surface area contributed by atoms with Crippen molar-refractivity contribution in [2.24, 2.45) is 0 Å². The third kappa shape index (κ3) is 6.24. The van der Waals surface area contributed by atoms with Gasteiger partial charge < -0.3 is 0 Å². The molecule has 0 saturated carbocycles. The van der Waals surface area contributed by atoms with E-state index in [1.54, 1.807) is 0 Å². The molecule has 0 amide bonds. The summed E-state index contributed by atoms with van der Waals surface area (Å²) in [6.07, 6.45) is 7.56. The monoisotopic (exact) mass is 170 g/mol. The number of hydrogen-bond donors (Lipinski definition) is 1. The molecule has 0 aromatic heterocycles. The van der Waals surface area contributed by atoms with Crippen molar-refractivity contribution >= 4 is 12.6 Å². The summed E-state index contributed by atoms with van der Waals surface area (Å²) in [6.45, 7) is 7.95. The molecule has 11 heavy (non-hydrogen) atoms. The molecular formula is C10H18S. The average molecular weight is 170 g/mol. The molecule has 1 atom stereocenters. The Labute approximate surface area is 75.8 Å². The Hall–Kier alpha value is -0.170. The Morgan fingerprint density at radius 3 is 2.73 bits per heavy atom. The highest BCUT2D eigenvalue weighted by atomic mass is 32.1. The number of hydrogen-bond acceptors (Lipinski definition) is 1. The van der Waals surface area contributed by atoms with Gasteiger partial charge in [-0.15, -0.1) is 0 Å². The number of rotatable bonds is 5. The van der Waals surface area contributed by atoms with Gasteiger partial charge in [0.15, 0.2) is 0 Å². The maximum atomic E-state index is 4.44. The third-order valence-electron chi connectivity index (χ3n) is 1.66. The van der Waals surface area contributed by atoms with E-state index in [-0.39, 0.29) is 0 Å². The largest absolute Gasteiger partial charge is 0.176 e. The SMILES string of the molecule is C=C/C(C)=C\CC(S)CCC. The lowest BCUT2D eigenvalue weighted by Crippen LogP contribution is -1.95. The summed E-state index contributed by atoms with van der Waals surface area (Å²) in [5.41, 5.74) is 1.25. The average Bonchev–Trinajstić information content (AvgIpc) is 2.01. The second-order valence-corrected chi connectivity index (χ2v) is 3.56. The molecule has 0 bridgehead atoms. The molecule has 1 heteroatoms. The minimum Gasteiger partial charge on any atom is -0.176 e. The molecule has 0 rings (SSSR count). The molecule has 64 valence electrons. The molecule has 0 N–H and O–H groups in total. The fourth-order valence-electron chi connectivity index (χ4n) is 0.856. The van der Waals surface area contributed by atoms with Gasteiger partial charge in [-0.05, 0) is 19.8 Å². The van der Waals surface area contributed by atoms with Crippen LogP contribution >= 0.6 is 12.6 Å². The zero-order valence-electron chi connectivity index (χ0n) is 7.51. The molecule has 0 saturated heterocycles. The molecule has 0 aliphatic heterocycles. The minimum atomic E-state index is 0.523. The van der Waals surface area contributed by atoms with E-state index >= 15 is 0 Å². The molecule has 1 unspecified atom stereocenters. The van der Waals surface area contributed by atoms with Gasteiger partial charge in [0.1, 0.15) is 0 Å². The lowest BCUT2D eigenvalue weighted by Gasteiger charge is -2.04. The number of allylic oxidation sites excluding steroid dienone is 3. The lowest BCUT2D eigenvalue weighted by molar-refractivity contribution is 0.749. The van der Waals surface area contributed by atoms with Crippen LogP contribution < -0.4 is 0 Å². The van der Waals surface area contributed by atoms with Crippen LogP contribution in [-0.4, -0.2) is 5.25 Å². The molecular weight excluding hydrogens is 152 g/mol. The summed E-state index contributed by atoms with van der Waals surface area (Å²) < 4.78 is 0. The van der Waals surface area contributed by atoms with Crippen LogP contribution in [0, 0.1) is 0 Å². The van der Waals surface area contributed by atoms with Crippen LogP contribution in [0.2, 0.25) is 0 Å². The molecule has 0 aliphatic carbocycles. The highest BCUT2D eigenvalue weighted by molar-refractivity contribution is 7.80. The van der Waals surface area contributed by atoms with Crippen molar-refractivity contribution in [1.82, 2.24) is 0 Å². The van der Waals surface area contributed by atoms with Crippen molar-refractivity contribution in [1.29, 1.82) is 0 Å². The zero-order chi connectivity index (χ0) is 8.69. The zero-order valence-corrected chi connectivity index (χ0v) is 8.40. The second-order valence-electron chi connectivity index (χ2n) is 2.83. The predicted octanol–water partition coefficient (Wildman–Crippen LogP) is 3.61. The Balaban J connectivity index is 3.59. The molecule has 0 spiro atoms. The topological polar surface area (TPSA) is 0 Å². The van der Waals surface area contributed by atoms with Crippen molar-refractivity contribution in [3.8, 4) is 0 Å². The van der Waals surface area contributed by atoms with Crippen LogP contribution in [-0.2, 0) is 0 Å². The molecule has 0 radical (unpaired) electrons. The Morgan fingerprint density at radius 2 is 2.27 bits per heavy atom. The fraction of sp³-hybridized carbons (Fsp3) is 0.600. The van der Waals surface area contributed by atoms with Crippen LogP contribution in [0.1, 0.15) is 33.1 Å². The fourth-order valence-corrected chi connectivity index (χ4v) is 1.22. The van der Waals surface area contributed by atoms with Crippen LogP contribution in [0.5, 0.6) is 0 Å². The second kappa shape index (κ2) is 6.53. The standard InChI is InChI=1S/C10H18S/c1-4-6-10(11)8-7-9(3)5-2/h5,7,10-11H,2,4,6,8H2,1,3H3/b9-7-. The van der Waals surface area contributed by atoms with Crippen LogP contribution in [0.15, 0.2) is 24.3 Å². The first kappa shape index (κ1) is 10.8. The van der Waals surface area contributed by atoms with E-state index in [4.69, 9.17) is 0 Å². The molecule has 0 fully saturated rings. The summed E-state index contributed by atoms with van der Waals surface area (Å²) in [7, 11) is 0. The number of thiol groups is 1. The van der Waals surface area contributed by atoms with E-state index in [1.807, 2.05) is 6.08 Å². The first-order chi connectivity index (χ1) is 5.20. The van der Waals surface area contributed by atoms with Crippen molar-refractivity contribution < 1.29 is 0 Å². The summed E-state index contributed by atoms with van der Waals surface area (Å²) in [4.78, 5) is 0. The van der Waals surface area contributed by atoms with E-state index in [0.29, 0.717) is 5.25 Å². The molecule has 0 nitrogen and oxygen atoms in total. The van der Waals surface area contributed by atoms with Gasteiger partial charge in [0.2, 0.25) is 0 Å². The van der Waals surface area contributed by atoms with Gasteiger partial charge in [0.05, 0.1) is 0 Å². The van der Waals surface area contributed by atoms with Crippen molar-refractivity contribution in [3.05, 3.63) is 24.3 Å². The summed E-state index contributed by atoms with van der Waals surface area (Å²) >= 11 is 4.44. The maximum absolute atomic E-state index is 4.44. The Bertz CT molecular complexity index is 136. The summed E-state index contributed by atoms with van der Waals surface area (Å²) in [6, 6.07) is 0. The highest BCUT2D eigenvalue weighted by Crippen LogP contribution is 2.11. The smallest absolute Gasteiger partial charge is 0.00514 e. The van der Waals surface area contributed by atoms with Gasteiger partial charge in [-0.1, -0.05) is 37.6 Å². The van der Waals surface area contributed by atoms with Crippen LogP contribution in [0.25, 0.3) is 0 Å². The molecule has 0 aliphatic rings. The minimum absolute atomic E-state index is 0.523. The van der Waals surface area contributed by atoms with Gasteiger partial charge in [-0.25, -0.2) is 0 Å². The van der Waals surface area contributed by atoms with Crippen molar-refractivity contribution in [2.45, 2.75) is 38.4 Å². The quantitative estimate of drug-likeness (QED) is 0.473. The van der Waals surface area contributed by atoms with Gasteiger partial charge in [-0.3, -0.25) is 0 Å². The van der Waals surface area contributed by atoms with E-state index in [1.165, 1.54) is 18.4 Å². The van der Waals surface area contributed by atoms with Crippen LogP contribution in [0.3, 0.4) is 0 Å². The van der Waals surface area contributed by atoms with Crippen molar-refractivity contribution in [3.63, 3.8) is 0 Å². The lowest BCUT2D eigenvalue weighted by atomic mass is 10.1.